The summed E-state index contributed by atoms with van der Waals surface area (Å²) in [4.78, 5) is 27.5. The molecule has 0 radical (unpaired) electrons. The first-order chi connectivity index (χ1) is 12.1. The van der Waals surface area contributed by atoms with Crippen LogP contribution in [0.1, 0.15) is 31.7 Å². The van der Waals surface area contributed by atoms with Crippen molar-refractivity contribution in [3.05, 3.63) is 41.6 Å². The van der Waals surface area contributed by atoms with E-state index in [9.17, 15) is 9.59 Å². The Labute approximate surface area is 148 Å². The average molecular weight is 343 g/mol. The molecule has 2 heterocycles. The fraction of sp³-hybridized carbons (Fsp3) is 0.474. The van der Waals surface area contributed by atoms with Gasteiger partial charge >= 0.3 is 0 Å². The van der Waals surface area contributed by atoms with Gasteiger partial charge in [0.25, 0.3) is 11.8 Å². The summed E-state index contributed by atoms with van der Waals surface area (Å²) in [7, 11) is 0. The maximum Gasteiger partial charge on any atom is 0.277 e. The molecule has 3 rings (SSSR count). The van der Waals surface area contributed by atoms with E-state index in [1.165, 1.54) is 30.9 Å². The summed E-state index contributed by atoms with van der Waals surface area (Å²) in [5.41, 5.74) is 2.23. The SMILES string of the molecule is CC1CCCCN1Cc1cccc(NC2=CC(=O)N(CCO)C2=O)c1. The Morgan fingerprint density at radius 2 is 2.12 bits per heavy atom. The summed E-state index contributed by atoms with van der Waals surface area (Å²) in [5.74, 6) is -0.783. The fourth-order valence-electron chi connectivity index (χ4n) is 3.44. The summed E-state index contributed by atoms with van der Waals surface area (Å²) in [6.07, 6.45) is 5.07. The number of aliphatic hydroxyl groups excluding tert-OH is 1. The molecule has 0 aromatic heterocycles. The summed E-state index contributed by atoms with van der Waals surface area (Å²) in [6.45, 7) is 4.06. The Bertz CT molecular complexity index is 686. The fourth-order valence-corrected chi connectivity index (χ4v) is 3.44. The second kappa shape index (κ2) is 7.80. The van der Waals surface area contributed by atoms with Gasteiger partial charge in [0.2, 0.25) is 0 Å². The number of carbonyl (C=O) groups is 2. The second-order valence-corrected chi connectivity index (χ2v) is 6.72. The Balaban J connectivity index is 1.67. The summed E-state index contributed by atoms with van der Waals surface area (Å²) in [6, 6.07) is 8.54. The normalized spacial score (nSPS) is 21.6. The lowest BCUT2D eigenvalue weighted by Crippen LogP contribution is -2.36. The third-order valence-corrected chi connectivity index (χ3v) is 4.87. The first-order valence-electron chi connectivity index (χ1n) is 8.87. The van der Waals surface area contributed by atoms with Gasteiger partial charge in [-0.1, -0.05) is 18.6 Å². The molecule has 0 saturated carbocycles. The van der Waals surface area contributed by atoms with Gasteiger partial charge in [0, 0.05) is 24.4 Å². The van der Waals surface area contributed by atoms with E-state index in [2.05, 4.69) is 23.2 Å². The van der Waals surface area contributed by atoms with E-state index < -0.39 is 5.91 Å². The summed E-state index contributed by atoms with van der Waals surface area (Å²) >= 11 is 0. The van der Waals surface area contributed by atoms with E-state index in [0.29, 0.717) is 6.04 Å². The zero-order chi connectivity index (χ0) is 17.8. The van der Waals surface area contributed by atoms with Crippen LogP contribution >= 0.6 is 0 Å². The minimum absolute atomic E-state index is 0.0201. The van der Waals surface area contributed by atoms with Crippen LogP contribution in [0.5, 0.6) is 0 Å². The van der Waals surface area contributed by atoms with Gasteiger partial charge < -0.3 is 10.4 Å². The van der Waals surface area contributed by atoms with Crippen molar-refractivity contribution in [1.82, 2.24) is 9.80 Å². The van der Waals surface area contributed by atoms with Gasteiger partial charge in [0.1, 0.15) is 5.70 Å². The molecule has 1 unspecified atom stereocenters. The van der Waals surface area contributed by atoms with Gasteiger partial charge in [0.15, 0.2) is 0 Å². The molecule has 1 aromatic carbocycles. The lowest BCUT2D eigenvalue weighted by atomic mass is 10.0. The molecule has 6 nitrogen and oxygen atoms in total. The smallest absolute Gasteiger partial charge is 0.277 e. The highest BCUT2D eigenvalue weighted by molar-refractivity contribution is 6.17. The molecule has 2 amide bonds. The largest absolute Gasteiger partial charge is 0.395 e. The van der Waals surface area contributed by atoms with Gasteiger partial charge in [0.05, 0.1) is 13.2 Å². The Hall–Kier alpha value is -2.18. The predicted octanol–water partition coefficient (Wildman–Crippen LogP) is 1.72. The van der Waals surface area contributed by atoms with Crippen LogP contribution in [0.15, 0.2) is 36.0 Å². The lowest BCUT2D eigenvalue weighted by molar-refractivity contribution is -0.137. The molecule has 2 aliphatic heterocycles. The molecule has 1 aromatic rings. The van der Waals surface area contributed by atoms with E-state index in [0.717, 1.165) is 23.7 Å². The van der Waals surface area contributed by atoms with Crippen molar-refractivity contribution in [2.24, 2.45) is 0 Å². The quantitative estimate of drug-likeness (QED) is 0.770. The summed E-state index contributed by atoms with van der Waals surface area (Å²) < 4.78 is 0. The maximum absolute atomic E-state index is 12.2. The van der Waals surface area contributed by atoms with Crippen molar-refractivity contribution in [2.75, 3.05) is 25.0 Å². The predicted molar refractivity (Wildman–Crippen MR) is 95.7 cm³/mol. The zero-order valence-electron chi connectivity index (χ0n) is 14.6. The monoisotopic (exact) mass is 343 g/mol. The number of benzene rings is 1. The Morgan fingerprint density at radius 3 is 2.88 bits per heavy atom. The number of imide groups is 1. The van der Waals surface area contributed by atoms with Crippen LogP contribution < -0.4 is 5.32 Å². The molecule has 1 atom stereocenters. The molecule has 2 aliphatic rings. The molecule has 1 fully saturated rings. The van der Waals surface area contributed by atoms with Crippen LogP contribution in [0.2, 0.25) is 0 Å². The standard InChI is InChI=1S/C19H25N3O3/c1-14-5-2-3-8-21(14)13-15-6-4-7-16(11-15)20-17-12-18(24)22(9-10-23)19(17)25/h4,6-7,11-12,14,20,23H,2-3,5,8-10,13H2,1H3. The lowest BCUT2D eigenvalue weighted by Gasteiger charge is -2.33. The van der Waals surface area contributed by atoms with Crippen LogP contribution in [0.25, 0.3) is 0 Å². The van der Waals surface area contributed by atoms with Crippen molar-refractivity contribution in [3.63, 3.8) is 0 Å². The van der Waals surface area contributed by atoms with E-state index >= 15 is 0 Å². The topological polar surface area (TPSA) is 72.9 Å². The molecular weight excluding hydrogens is 318 g/mol. The highest BCUT2D eigenvalue weighted by atomic mass is 16.3. The molecule has 0 spiro atoms. The number of aliphatic hydroxyl groups is 1. The average Bonchev–Trinajstić information content (AvgIpc) is 2.85. The molecular formula is C19H25N3O3. The van der Waals surface area contributed by atoms with Crippen molar-refractivity contribution in [3.8, 4) is 0 Å². The Morgan fingerprint density at radius 1 is 1.28 bits per heavy atom. The van der Waals surface area contributed by atoms with Gasteiger partial charge in [-0.15, -0.1) is 0 Å². The van der Waals surface area contributed by atoms with Crippen LogP contribution in [0, 0.1) is 0 Å². The van der Waals surface area contributed by atoms with E-state index in [-0.39, 0.29) is 24.8 Å². The van der Waals surface area contributed by atoms with Crippen molar-refractivity contribution in [2.45, 2.75) is 38.8 Å². The minimum atomic E-state index is -0.394. The Kier molecular flexibility index (Phi) is 5.50. The molecule has 1 saturated heterocycles. The molecule has 0 aliphatic carbocycles. The molecule has 6 heteroatoms. The van der Waals surface area contributed by atoms with Crippen LogP contribution in [0.3, 0.4) is 0 Å². The van der Waals surface area contributed by atoms with Gasteiger partial charge in [-0.05, 0) is 44.0 Å². The number of rotatable bonds is 6. The number of anilines is 1. The van der Waals surface area contributed by atoms with Gasteiger partial charge in [-0.3, -0.25) is 19.4 Å². The van der Waals surface area contributed by atoms with Crippen molar-refractivity contribution < 1.29 is 14.7 Å². The minimum Gasteiger partial charge on any atom is -0.395 e. The van der Waals surface area contributed by atoms with Crippen molar-refractivity contribution >= 4 is 17.5 Å². The third-order valence-electron chi connectivity index (χ3n) is 4.87. The number of hydrogen-bond donors (Lipinski definition) is 2. The van der Waals surface area contributed by atoms with Gasteiger partial charge in [-0.2, -0.15) is 0 Å². The first-order valence-corrected chi connectivity index (χ1v) is 8.87. The van der Waals surface area contributed by atoms with E-state index in [1.54, 1.807) is 0 Å². The van der Waals surface area contributed by atoms with Crippen LogP contribution in [-0.4, -0.2) is 52.5 Å². The second-order valence-electron chi connectivity index (χ2n) is 6.72. The number of nitrogens with one attached hydrogen (secondary N) is 1. The molecule has 134 valence electrons. The van der Waals surface area contributed by atoms with Gasteiger partial charge in [-0.25, -0.2) is 0 Å². The number of hydrogen-bond acceptors (Lipinski definition) is 5. The highest BCUT2D eigenvalue weighted by Gasteiger charge is 2.30. The van der Waals surface area contributed by atoms with Crippen LogP contribution in [0.4, 0.5) is 5.69 Å². The number of piperidine rings is 1. The number of nitrogens with zero attached hydrogens (tertiary/aromatic N) is 2. The number of likely N-dealkylation sites (tertiary alicyclic amines) is 1. The third kappa shape index (κ3) is 4.08. The van der Waals surface area contributed by atoms with E-state index in [4.69, 9.17) is 5.11 Å². The number of amides is 2. The first kappa shape index (κ1) is 17.6. The highest BCUT2D eigenvalue weighted by Crippen LogP contribution is 2.22. The number of β-amino-alcohol motifs (C(OH)–C–C–N with tert-alkyl or cyclic N) is 1. The maximum atomic E-state index is 12.2. The number of carbonyl (C=O) groups excluding carboxylic acids is 2. The summed E-state index contributed by atoms with van der Waals surface area (Å²) in [5, 5.41) is 12.0. The molecule has 25 heavy (non-hydrogen) atoms. The van der Waals surface area contributed by atoms with E-state index in [1.807, 2.05) is 18.2 Å². The van der Waals surface area contributed by atoms with Crippen LogP contribution in [-0.2, 0) is 16.1 Å². The van der Waals surface area contributed by atoms with Crippen molar-refractivity contribution in [1.29, 1.82) is 0 Å². The molecule has 2 N–H and O–H groups in total. The zero-order valence-corrected chi connectivity index (χ0v) is 14.6. The molecule has 0 bridgehead atoms.